The van der Waals surface area contributed by atoms with E-state index < -0.39 is 0 Å². The van der Waals surface area contributed by atoms with Gasteiger partial charge in [0.15, 0.2) is 0 Å². The minimum atomic E-state index is 0.367. The van der Waals surface area contributed by atoms with Gasteiger partial charge in [-0.1, -0.05) is 25.5 Å². The first-order valence-electron chi connectivity index (χ1n) is 10.7. The van der Waals surface area contributed by atoms with Crippen molar-refractivity contribution < 1.29 is 9.47 Å². The zero-order valence-electron chi connectivity index (χ0n) is 17.0. The van der Waals surface area contributed by atoms with Crippen LogP contribution in [-0.2, 0) is 9.47 Å². The van der Waals surface area contributed by atoms with E-state index in [0.717, 1.165) is 23.7 Å². The summed E-state index contributed by atoms with van der Waals surface area (Å²) in [4.78, 5) is 0. The van der Waals surface area contributed by atoms with Crippen LogP contribution in [0.5, 0.6) is 0 Å². The van der Waals surface area contributed by atoms with E-state index in [-0.39, 0.29) is 0 Å². The molecule has 0 spiro atoms. The number of ether oxygens (including phenoxy) is 2. The lowest BCUT2D eigenvalue weighted by atomic mass is 9.46. The van der Waals surface area contributed by atoms with Gasteiger partial charge in [0.2, 0.25) is 0 Å². The standard InChI is InChI=1S/C23H38O2/c1-15(24-4)19-8-9-20-18-7-6-16-14-17(25-5)10-12-22(16,2)21(18)11-13-23(19,20)3/h14-15,17-21H,6-13H2,1-5H3/t15?,17?,18-,19+,20-,21-,22-,23+/m0/s1. The van der Waals surface area contributed by atoms with E-state index in [2.05, 4.69) is 26.8 Å². The van der Waals surface area contributed by atoms with E-state index in [9.17, 15) is 0 Å². The van der Waals surface area contributed by atoms with Crippen LogP contribution in [-0.4, -0.2) is 26.4 Å². The first-order valence-corrected chi connectivity index (χ1v) is 10.7. The molecule has 25 heavy (non-hydrogen) atoms. The summed E-state index contributed by atoms with van der Waals surface area (Å²) in [6, 6.07) is 0. The Morgan fingerprint density at radius 2 is 1.80 bits per heavy atom. The fourth-order valence-corrected chi connectivity index (χ4v) is 7.86. The van der Waals surface area contributed by atoms with Gasteiger partial charge in [-0.05, 0) is 92.8 Å². The average molecular weight is 347 g/mol. The van der Waals surface area contributed by atoms with Crippen molar-refractivity contribution in [1.82, 2.24) is 0 Å². The molecular weight excluding hydrogens is 308 g/mol. The third-order valence-corrected chi connectivity index (χ3v) is 9.39. The molecule has 0 heterocycles. The number of hydrogen-bond donors (Lipinski definition) is 0. The summed E-state index contributed by atoms with van der Waals surface area (Å²) in [6.45, 7) is 7.50. The number of fused-ring (bicyclic) bond motifs is 5. The fourth-order valence-electron chi connectivity index (χ4n) is 7.86. The van der Waals surface area contributed by atoms with Crippen molar-refractivity contribution in [2.45, 2.75) is 84.3 Å². The average Bonchev–Trinajstić information content (AvgIpc) is 2.97. The zero-order chi connectivity index (χ0) is 17.8. The summed E-state index contributed by atoms with van der Waals surface area (Å²) in [5.74, 6) is 3.53. The number of hydrogen-bond acceptors (Lipinski definition) is 2. The van der Waals surface area contributed by atoms with Gasteiger partial charge in [0, 0.05) is 14.2 Å². The Morgan fingerprint density at radius 1 is 1.00 bits per heavy atom. The Hall–Kier alpha value is -0.340. The summed E-state index contributed by atoms with van der Waals surface area (Å²) >= 11 is 0. The van der Waals surface area contributed by atoms with E-state index in [1.165, 1.54) is 51.4 Å². The number of methoxy groups -OCH3 is 2. The lowest BCUT2D eigenvalue weighted by molar-refractivity contribution is -0.0791. The molecule has 0 N–H and O–H groups in total. The van der Waals surface area contributed by atoms with Crippen molar-refractivity contribution in [3.8, 4) is 0 Å². The molecule has 0 saturated heterocycles. The van der Waals surface area contributed by atoms with Crippen LogP contribution in [0, 0.1) is 34.5 Å². The monoisotopic (exact) mass is 346 g/mol. The van der Waals surface area contributed by atoms with E-state index in [0.29, 0.717) is 23.0 Å². The Bertz CT molecular complexity index is 540. The summed E-state index contributed by atoms with van der Waals surface area (Å²) < 4.78 is 11.5. The van der Waals surface area contributed by atoms with E-state index in [1.807, 2.05) is 14.2 Å². The molecule has 0 aromatic carbocycles. The highest BCUT2D eigenvalue weighted by Crippen LogP contribution is 2.67. The molecule has 142 valence electrons. The molecule has 0 aliphatic heterocycles. The molecule has 4 aliphatic carbocycles. The third-order valence-electron chi connectivity index (χ3n) is 9.39. The number of rotatable bonds is 3. The van der Waals surface area contributed by atoms with Gasteiger partial charge in [0.25, 0.3) is 0 Å². The Kier molecular flexibility index (Phi) is 4.60. The predicted molar refractivity (Wildman–Crippen MR) is 102 cm³/mol. The van der Waals surface area contributed by atoms with Crippen LogP contribution < -0.4 is 0 Å². The maximum absolute atomic E-state index is 5.79. The van der Waals surface area contributed by atoms with Crippen LogP contribution in [0.2, 0.25) is 0 Å². The van der Waals surface area contributed by atoms with Gasteiger partial charge in [-0.3, -0.25) is 0 Å². The molecule has 4 rings (SSSR count). The quantitative estimate of drug-likeness (QED) is 0.618. The second-order valence-corrected chi connectivity index (χ2v) is 10.0. The van der Waals surface area contributed by atoms with Crippen molar-refractivity contribution in [1.29, 1.82) is 0 Å². The van der Waals surface area contributed by atoms with E-state index in [4.69, 9.17) is 9.47 Å². The first-order chi connectivity index (χ1) is 11.9. The normalized spacial score (nSPS) is 50.4. The predicted octanol–water partition coefficient (Wildman–Crippen LogP) is 5.62. The Labute approximate surface area is 154 Å². The van der Waals surface area contributed by atoms with Gasteiger partial charge in [-0.2, -0.15) is 0 Å². The minimum absolute atomic E-state index is 0.367. The lowest BCUT2D eigenvalue weighted by Gasteiger charge is -2.59. The smallest absolute Gasteiger partial charge is 0.0755 e. The summed E-state index contributed by atoms with van der Waals surface area (Å²) in [5.41, 5.74) is 2.69. The molecule has 0 aromatic rings. The third kappa shape index (κ3) is 2.57. The fraction of sp³-hybridized carbons (Fsp3) is 0.913. The van der Waals surface area contributed by atoms with Gasteiger partial charge in [0.1, 0.15) is 0 Å². The second kappa shape index (κ2) is 6.37. The van der Waals surface area contributed by atoms with Crippen LogP contribution >= 0.6 is 0 Å². The first kappa shape index (κ1) is 18.0. The SMILES string of the molecule is COC1C=C2CC[C@H]3[C@@H]4CC[C@H](C(C)OC)[C@@]4(C)CC[C@@H]3[C@@]2(C)CC1. The topological polar surface area (TPSA) is 18.5 Å². The summed E-state index contributed by atoms with van der Waals surface area (Å²) in [7, 11) is 3.78. The van der Waals surface area contributed by atoms with Crippen molar-refractivity contribution in [3.05, 3.63) is 11.6 Å². The Morgan fingerprint density at radius 3 is 2.52 bits per heavy atom. The van der Waals surface area contributed by atoms with Gasteiger partial charge >= 0.3 is 0 Å². The van der Waals surface area contributed by atoms with Crippen LogP contribution in [0.4, 0.5) is 0 Å². The van der Waals surface area contributed by atoms with Crippen LogP contribution in [0.3, 0.4) is 0 Å². The molecule has 3 saturated carbocycles. The van der Waals surface area contributed by atoms with Crippen LogP contribution in [0.25, 0.3) is 0 Å². The minimum Gasteiger partial charge on any atom is -0.381 e. The Balaban J connectivity index is 1.61. The van der Waals surface area contributed by atoms with Crippen LogP contribution in [0.15, 0.2) is 11.6 Å². The molecule has 0 radical (unpaired) electrons. The van der Waals surface area contributed by atoms with Gasteiger partial charge < -0.3 is 9.47 Å². The van der Waals surface area contributed by atoms with Gasteiger partial charge in [0.05, 0.1) is 12.2 Å². The maximum Gasteiger partial charge on any atom is 0.0755 e. The van der Waals surface area contributed by atoms with Crippen molar-refractivity contribution in [2.75, 3.05) is 14.2 Å². The van der Waals surface area contributed by atoms with Gasteiger partial charge in [-0.25, -0.2) is 0 Å². The largest absolute Gasteiger partial charge is 0.381 e. The summed E-state index contributed by atoms with van der Waals surface area (Å²) in [6.07, 6.45) is 14.2. The zero-order valence-corrected chi connectivity index (χ0v) is 17.0. The second-order valence-electron chi connectivity index (χ2n) is 10.0. The highest BCUT2D eigenvalue weighted by Gasteiger charge is 2.59. The molecule has 4 aliphatic rings. The van der Waals surface area contributed by atoms with E-state index in [1.54, 1.807) is 5.57 Å². The molecule has 0 bridgehead atoms. The molecule has 3 fully saturated rings. The molecule has 2 unspecified atom stereocenters. The molecule has 0 amide bonds. The maximum atomic E-state index is 5.79. The van der Waals surface area contributed by atoms with Crippen molar-refractivity contribution >= 4 is 0 Å². The lowest BCUT2D eigenvalue weighted by Crippen LogP contribution is -2.51. The molecule has 2 nitrogen and oxygen atoms in total. The van der Waals surface area contributed by atoms with Crippen molar-refractivity contribution in [2.24, 2.45) is 34.5 Å². The van der Waals surface area contributed by atoms with Crippen LogP contribution in [0.1, 0.15) is 72.1 Å². The highest BCUT2D eigenvalue weighted by atomic mass is 16.5. The molecule has 8 atom stereocenters. The van der Waals surface area contributed by atoms with E-state index >= 15 is 0 Å². The molecular formula is C23H38O2. The van der Waals surface area contributed by atoms with Crippen molar-refractivity contribution in [3.63, 3.8) is 0 Å². The summed E-state index contributed by atoms with van der Waals surface area (Å²) in [5, 5.41) is 0. The molecule has 0 aromatic heterocycles. The van der Waals surface area contributed by atoms with Gasteiger partial charge in [-0.15, -0.1) is 0 Å². The highest BCUT2D eigenvalue weighted by molar-refractivity contribution is 5.25. The molecule has 2 heteroatoms. The number of allylic oxidation sites excluding steroid dienone is 1.